The topological polar surface area (TPSA) is 41.9 Å². The minimum absolute atomic E-state index is 0.0571. The average Bonchev–Trinajstić information content (AvgIpc) is 2.92. The van der Waals surface area contributed by atoms with Gasteiger partial charge in [0.25, 0.3) is 0 Å². The minimum Gasteiger partial charge on any atom is -0.493 e. The predicted molar refractivity (Wildman–Crippen MR) is 82.5 cm³/mol. The second-order valence-corrected chi connectivity index (χ2v) is 6.33. The Bertz CT molecular complexity index is 943. The fraction of sp³-hybridized carbons (Fsp3) is 0.556. The van der Waals surface area contributed by atoms with Crippen LogP contribution in [0.25, 0.3) is 0 Å². The molecule has 0 radical (unpaired) electrons. The molecule has 0 amide bonds. The number of likely N-dealkylation sites (N-methyl/N-ethyl adjacent to an activating group) is 1. The van der Waals surface area contributed by atoms with Gasteiger partial charge in [-0.1, -0.05) is 18.2 Å². The van der Waals surface area contributed by atoms with Gasteiger partial charge < -0.3 is 19.5 Å². The number of piperidine rings is 1. The zero-order chi connectivity index (χ0) is 20.3. The van der Waals surface area contributed by atoms with Gasteiger partial charge in [0.05, 0.1) is 11.2 Å². The molecule has 1 fully saturated rings. The van der Waals surface area contributed by atoms with Gasteiger partial charge in [0.15, 0.2) is 11.5 Å². The number of aliphatic hydroxyl groups is 1. The van der Waals surface area contributed by atoms with E-state index in [0.29, 0.717) is 24.1 Å². The zero-order valence-electron chi connectivity index (χ0n) is 18.5. The van der Waals surface area contributed by atoms with Crippen molar-refractivity contribution in [1.82, 2.24) is 4.90 Å². The number of nitrogens with zero attached hydrogens (tertiary/aromatic N) is 1. The number of methoxy groups -OCH3 is 1. The summed E-state index contributed by atoms with van der Waals surface area (Å²) in [6.07, 6.45) is 0.506. The third-order valence-electron chi connectivity index (χ3n) is 5.42. The summed E-state index contributed by atoms with van der Waals surface area (Å²) in [5.41, 5.74) is -0.342. The van der Waals surface area contributed by atoms with Crippen molar-refractivity contribution in [3.63, 3.8) is 0 Å². The molecular formula is C18H21NO3. The summed E-state index contributed by atoms with van der Waals surface area (Å²) in [6.45, 7) is 0.462. The van der Waals surface area contributed by atoms with E-state index in [2.05, 4.69) is 0 Å². The lowest BCUT2D eigenvalue weighted by atomic mass is 9.53. The normalized spacial score (nSPS) is 54.9. The van der Waals surface area contributed by atoms with E-state index in [4.69, 9.17) is 18.8 Å². The number of hydrogen-bond acceptors (Lipinski definition) is 4. The van der Waals surface area contributed by atoms with E-state index in [0.717, 1.165) is 0 Å². The Kier molecular flexibility index (Phi) is 1.54. The third-order valence-corrected chi connectivity index (χ3v) is 5.42. The molecule has 2 aliphatic carbocycles. The first-order valence-electron chi connectivity index (χ1n) is 10.5. The quantitative estimate of drug-likeness (QED) is 0.841. The van der Waals surface area contributed by atoms with Crippen LogP contribution in [0.15, 0.2) is 24.2 Å². The number of aliphatic hydroxyl groups excluding tert-OH is 1. The van der Waals surface area contributed by atoms with E-state index in [-0.39, 0.29) is 30.0 Å². The third kappa shape index (κ3) is 1.28. The Morgan fingerprint density at radius 1 is 1.55 bits per heavy atom. The van der Waals surface area contributed by atoms with E-state index in [1.54, 1.807) is 18.0 Å². The second kappa shape index (κ2) is 4.06. The SMILES string of the molecule is [2H]OC1C=C[C@@]2([2H])[C@@]3([2H])Cc4c([2H])c([2H])c(OC)c5c4[C@@]2(CCN3C)C1([2H])O5. The van der Waals surface area contributed by atoms with Crippen molar-refractivity contribution >= 4 is 0 Å². The Labute approximate surface area is 138 Å². The smallest absolute Gasteiger partial charge is 0.211 e. The molecule has 2 aliphatic heterocycles. The van der Waals surface area contributed by atoms with E-state index in [1.165, 1.54) is 13.2 Å². The first-order chi connectivity index (χ1) is 13.1. The van der Waals surface area contributed by atoms with Crippen LogP contribution in [0, 0.1) is 5.89 Å². The molecule has 116 valence electrons. The summed E-state index contributed by atoms with van der Waals surface area (Å²) in [5, 5.41) is 4.83. The maximum atomic E-state index is 9.47. The molecular weight excluding hydrogens is 278 g/mol. The van der Waals surface area contributed by atoms with Crippen LogP contribution in [0.2, 0.25) is 0 Å². The van der Waals surface area contributed by atoms with E-state index in [9.17, 15) is 4.11 Å². The molecule has 2 heterocycles. The molecule has 4 aliphatic rings. The maximum Gasteiger partial charge on any atom is 0.211 e. The molecule has 1 N–H and O–H groups in total. The second-order valence-electron chi connectivity index (χ2n) is 6.33. The maximum absolute atomic E-state index is 9.47. The molecule has 2 unspecified atom stereocenters. The molecule has 5 rings (SSSR count). The first-order valence-corrected chi connectivity index (χ1v) is 7.55. The summed E-state index contributed by atoms with van der Waals surface area (Å²) >= 11 is 0. The lowest BCUT2D eigenvalue weighted by Gasteiger charge is -2.56. The highest BCUT2D eigenvalue weighted by Crippen LogP contribution is 2.62. The molecule has 1 aromatic rings. The van der Waals surface area contributed by atoms with Gasteiger partial charge in [0.1, 0.15) is 12.2 Å². The molecule has 0 saturated carbocycles. The van der Waals surface area contributed by atoms with E-state index < -0.39 is 29.5 Å². The minimum atomic E-state index is -1.87. The number of hydrogen-bond donors (Lipinski definition) is 1. The predicted octanol–water partition coefficient (Wildman–Crippen LogP) is 1.50. The average molecular weight is 305 g/mol. The highest BCUT2D eigenvalue weighted by Gasteiger charge is 2.64. The number of rotatable bonds is 2. The molecule has 5 atom stereocenters. The van der Waals surface area contributed by atoms with Gasteiger partial charge in [-0.05, 0) is 38.0 Å². The Morgan fingerprint density at radius 2 is 2.45 bits per heavy atom. The molecule has 1 spiro atoms. The summed E-state index contributed by atoms with van der Waals surface area (Å²) < 4.78 is 63.9. The van der Waals surface area contributed by atoms with Crippen molar-refractivity contribution in [3.05, 3.63) is 35.4 Å². The van der Waals surface area contributed by atoms with Crippen molar-refractivity contribution in [1.29, 1.82) is 1.43 Å². The van der Waals surface area contributed by atoms with Gasteiger partial charge in [0, 0.05) is 25.6 Å². The lowest BCUT2D eigenvalue weighted by Crippen LogP contribution is -2.64. The van der Waals surface area contributed by atoms with Crippen molar-refractivity contribution in [2.24, 2.45) is 5.89 Å². The van der Waals surface area contributed by atoms with Crippen LogP contribution in [0.1, 0.15) is 24.4 Å². The van der Waals surface area contributed by atoms with Crippen LogP contribution in [-0.4, -0.2) is 50.3 Å². The number of likely N-dealkylation sites (tertiary alicyclic amines) is 1. The summed E-state index contributed by atoms with van der Waals surface area (Å²) in [4.78, 5) is 1.78. The molecule has 1 aromatic carbocycles. The standard InChI is InChI=1S/C18H21NO3/c1-19-8-7-18-11-4-5-13(20)17(18)22-16-14(21-2)6-3-10(15(16)18)9-12(11)19/h3-6,11-13,17,20H,7-9H2,1-2H3/t11-,12+,13?,17?,18-/m0/s1/i3D,6D,11D,12D,17D,20D. The number of ether oxygens (including phenoxy) is 2. The van der Waals surface area contributed by atoms with Crippen LogP contribution in [-0.2, 0) is 11.8 Å². The Hall–Kier alpha value is -1.52. The van der Waals surface area contributed by atoms with E-state index >= 15 is 0 Å². The van der Waals surface area contributed by atoms with Gasteiger partial charge in [-0.15, -0.1) is 0 Å². The number of benzene rings is 1. The van der Waals surface area contributed by atoms with Crippen LogP contribution in [0.3, 0.4) is 0 Å². The van der Waals surface area contributed by atoms with Crippen LogP contribution >= 0.6 is 0 Å². The fourth-order valence-electron chi connectivity index (χ4n) is 4.43. The summed E-state index contributed by atoms with van der Waals surface area (Å²) in [5.74, 6) is -1.31. The summed E-state index contributed by atoms with van der Waals surface area (Å²) in [7, 11) is 3.16. The van der Waals surface area contributed by atoms with Crippen molar-refractivity contribution < 1.29 is 21.4 Å². The van der Waals surface area contributed by atoms with Crippen LogP contribution in [0.5, 0.6) is 11.5 Å². The van der Waals surface area contributed by atoms with Gasteiger partial charge in [-0.2, -0.15) is 0 Å². The molecule has 4 heteroatoms. The monoisotopic (exact) mass is 305 g/mol. The van der Waals surface area contributed by atoms with Gasteiger partial charge in [0.2, 0.25) is 1.43 Å². The molecule has 2 bridgehead atoms. The lowest BCUT2D eigenvalue weighted by molar-refractivity contribution is -0.0453. The van der Waals surface area contributed by atoms with Crippen molar-refractivity contribution in [2.45, 2.75) is 36.5 Å². The van der Waals surface area contributed by atoms with Crippen LogP contribution in [0.4, 0.5) is 0 Å². The first kappa shape index (κ1) is 8.37. The van der Waals surface area contributed by atoms with Crippen molar-refractivity contribution in [3.8, 4) is 11.5 Å². The van der Waals surface area contributed by atoms with Gasteiger partial charge in [-0.3, -0.25) is 0 Å². The van der Waals surface area contributed by atoms with Crippen LogP contribution < -0.4 is 9.47 Å². The molecule has 0 aromatic heterocycles. The fourth-order valence-corrected chi connectivity index (χ4v) is 4.43. The Morgan fingerprint density at radius 3 is 3.27 bits per heavy atom. The highest BCUT2D eigenvalue weighted by molar-refractivity contribution is 5.62. The molecule has 1 saturated heterocycles. The highest BCUT2D eigenvalue weighted by atomic mass is 16.5. The van der Waals surface area contributed by atoms with Crippen molar-refractivity contribution in [2.75, 3.05) is 20.7 Å². The Balaban J connectivity index is 1.98. The van der Waals surface area contributed by atoms with Gasteiger partial charge in [-0.25, -0.2) is 0 Å². The van der Waals surface area contributed by atoms with E-state index in [1.807, 2.05) is 0 Å². The molecule has 22 heavy (non-hydrogen) atoms. The zero-order valence-corrected chi connectivity index (χ0v) is 12.5. The molecule has 4 nitrogen and oxygen atoms in total. The summed E-state index contributed by atoms with van der Waals surface area (Å²) in [6, 6.07) is -1.67. The van der Waals surface area contributed by atoms with Gasteiger partial charge >= 0.3 is 0 Å². The largest absolute Gasteiger partial charge is 0.493 e.